The maximum Gasteiger partial charge on any atom is 0.238 e. The van der Waals surface area contributed by atoms with E-state index in [4.69, 9.17) is 11.6 Å². The number of H-pyrrole nitrogens is 1. The van der Waals surface area contributed by atoms with Gasteiger partial charge in [-0.05, 0) is 49.1 Å². The number of fused-ring (bicyclic) bond motifs is 3. The maximum atomic E-state index is 12.8. The normalized spacial score (nSPS) is 21.5. The van der Waals surface area contributed by atoms with Gasteiger partial charge in [0, 0.05) is 41.4 Å². The Labute approximate surface area is 170 Å². The van der Waals surface area contributed by atoms with Crippen LogP contribution in [0.3, 0.4) is 0 Å². The second kappa shape index (κ2) is 6.85. The number of carbonyl (C=O) groups excluding carboxylic acids is 1. The van der Waals surface area contributed by atoms with Gasteiger partial charge in [-0.25, -0.2) is 0 Å². The fourth-order valence-electron chi connectivity index (χ4n) is 4.69. The molecular formula is C23H24ClN3O. The third-order valence-corrected chi connectivity index (χ3v) is 6.43. The molecule has 0 saturated carbocycles. The molecule has 3 heterocycles. The highest BCUT2D eigenvalue weighted by Crippen LogP contribution is 2.41. The van der Waals surface area contributed by atoms with Gasteiger partial charge in [0.2, 0.25) is 5.91 Å². The van der Waals surface area contributed by atoms with Gasteiger partial charge in [0.1, 0.15) is 5.88 Å². The summed E-state index contributed by atoms with van der Waals surface area (Å²) in [7, 11) is 0. The van der Waals surface area contributed by atoms with E-state index in [2.05, 4.69) is 59.3 Å². The first-order chi connectivity index (χ1) is 13.7. The molecule has 5 rings (SSSR count). The number of alkyl halides is 1. The van der Waals surface area contributed by atoms with Crippen molar-refractivity contribution in [3.8, 4) is 0 Å². The molecule has 0 radical (unpaired) electrons. The number of benzene rings is 2. The number of para-hydroxylation sites is 1. The summed E-state index contributed by atoms with van der Waals surface area (Å²) in [5.74, 6) is -0.0160. The summed E-state index contributed by atoms with van der Waals surface area (Å²) in [5, 5.41) is 1.25. The lowest BCUT2D eigenvalue weighted by atomic mass is 9.88. The highest BCUT2D eigenvalue weighted by Gasteiger charge is 2.38. The van der Waals surface area contributed by atoms with Crippen molar-refractivity contribution < 1.29 is 4.79 Å². The standard InChI is InChI=1S/C23H24ClN3O/c1-15-13-19-18-5-2-3-6-20(18)25-22(19)23(27(15)21(28)14-24)16-7-9-17(10-8-16)26-11-4-12-26/h2-3,5-10,15,23,25H,4,11-14H2,1H3/t15-,23-/m0/s1. The first kappa shape index (κ1) is 17.6. The van der Waals surface area contributed by atoms with Crippen molar-refractivity contribution in [2.45, 2.75) is 31.8 Å². The topological polar surface area (TPSA) is 39.3 Å². The van der Waals surface area contributed by atoms with Crippen LogP contribution in [0.1, 0.15) is 36.2 Å². The number of anilines is 1. The molecular weight excluding hydrogens is 370 g/mol. The van der Waals surface area contributed by atoms with Crippen molar-refractivity contribution in [1.82, 2.24) is 9.88 Å². The number of aromatic nitrogens is 1. The first-order valence-electron chi connectivity index (χ1n) is 9.99. The van der Waals surface area contributed by atoms with E-state index in [-0.39, 0.29) is 23.9 Å². The van der Waals surface area contributed by atoms with Crippen molar-refractivity contribution in [2.75, 3.05) is 23.9 Å². The summed E-state index contributed by atoms with van der Waals surface area (Å²) in [4.78, 5) is 20.7. The Morgan fingerprint density at radius 1 is 1.14 bits per heavy atom. The van der Waals surface area contributed by atoms with Gasteiger partial charge >= 0.3 is 0 Å². The SMILES string of the molecule is C[C@H]1Cc2c([nH]c3ccccc23)[C@H](c2ccc(N3CCC3)cc2)N1C(=O)CCl. The van der Waals surface area contributed by atoms with E-state index in [1.165, 1.54) is 23.1 Å². The number of nitrogens with one attached hydrogen (secondary N) is 1. The summed E-state index contributed by atoms with van der Waals surface area (Å²) in [6, 6.07) is 17.1. The zero-order valence-electron chi connectivity index (χ0n) is 16.0. The molecule has 1 amide bonds. The molecule has 1 fully saturated rings. The largest absolute Gasteiger partial charge is 0.371 e. The molecule has 5 heteroatoms. The number of carbonyl (C=O) groups is 1. The van der Waals surface area contributed by atoms with Crippen LogP contribution in [-0.2, 0) is 11.2 Å². The minimum atomic E-state index is -0.136. The highest BCUT2D eigenvalue weighted by atomic mass is 35.5. The predicted molar refractivity (Wildman–Crippen MR) is 114 cm³/mol. The molecule has 0 spiro atoms. The third-order valence-electron chi connectivity index (χ3n) is 6.20. The lowest BCUT2D eigenvalue weighted by molar-refractivity contribution is -0.133. The van der Waals surface area contributed by atoms with Gasteiger partial charge in [-0.3, -0.25) is 4.79 Å². The molecule has 1 N–H and O–H groups in total. The molecule has 2 aromatic carbocycles. The van der Waals surface area contributed by atoms with Crippen LogP contribution in [0.25, 0.3) is 10.9 Å². The van der Waals surface area contributed by atoms with Gasteiger partial charge in [-0.2, -0.15) is 0 Å². The fourth-order valence-corrected chi connectivity index (χ4v) is 4.83. The van der Waals surface area contributed by atoms with Gasteiger partial charge < -0.3 is 14.8 Å². The molecule has 0 unspecified atom stereocenters. The van der Waals surface area contributed by atoms with E-state index in [1.54, 1.807) is 0 Å². The van der Waals surface area contributed by atoms with E-state index in [0.29, 0.717) is 0 Å². The quantitative estimate of drug-likeness (QED) is 0.666. The number of halogens is 1. The highest BCUT2D eigenvalue weighted by molar-refractivity contribution is 6.27. The molecule has 2 aliphatic heterocycles. The monoisotopic (exact) mass is 393 g/mol. The van der Waals surface area contributed by atoms with E-state index >= 15 is 0 Å². The molecule has 4 nitrogen and oxygen atoms in total. The van der Waals surface area contributed by atoms with Crippen LogP contribution in [0.2, 0.25) is 0 Å². The van der Waals surface area contributed by atoms with E-state index in [9.17, 15) is 4.79 Å². The molecule has 0 aliphatic carbocycles. The Morgan fingerprint density at radius 3 is 2.57 bits per heavy atom. The first-order valence-corrected chi connectivity index (χ1v) is 10.5. The average Bonchev–Trinajstić information content (AvgIpc) is 3.04. The molecule has 1 saturated heterocycles. The summed E-state index contributed by atoms with van der Waals surface area (Å²) in [6.07, 6.45) is 2.10. The van der Waals surface area contributed by atoms with Crippen molar-refractivity contribution in [3.05, 3.63) is 65.4 Å². The molecule has 28 heavy (non-hydrogen) atoms. The van der Waals surface area contributed by atoms with Crippen LogP contribution < -0.4 is 4.90 Å². The third kappa shape index (κ3) is 2.70. The van der Waals surface area contributed by atoms with Gasteiger partial charge in [-0.15, -0.1) is 11.6 Å². The van der Waals surface area contributed by atoms with Crippen LogP contribution in [0, 0.1) is 0 Å². The number of hydrogen-bond acceptors (Lipinski definition) is 2. The minimum Gasteiger partial charge on any atom is -0.371 e. The van der Waals surface area contributed by atoms with Crippen molar-refractivity contribution >= 4 is 34.1 Å². The summed E-state index contributed by atoms with van der Waals surface area (Å²) >= 11 is 5.99. The minimum absolute atomic E-state index is 0.00225. The van der Waals surface area contributed by atoms with Gasteiger partial charge in [0.25, 0.3) is 0 Å². The van der Waals surface area contributed by atoms with Crippen LogP contribution in [0.4, 0.5) is 5.69 Å². The number of rotatable bonds is 3. The summed E-state index contributed by atoms with van der Waals surface area (Å²) in [6.45, 7) is 4.38. The molecule has 0 bridgehead atoms. The fraction of sp³-hybridized carbons (Fsp3) is 0.348. The summed E-state index contributed by atoms with van der Waals surface area (Å²) in [5.41, 5.74) is 5.95. The lowest BCUT2D eigenvalue weighted by Crippen LogP contribution is -2.47. The van der Waals surface area contributed by atoms with E-state index in [1.807, 2.05) is 11.0 Å². The average molecular weight is 394 g/mol. The Kier molecular flexibility index (Phi) is 4.31. The van der Waals surface area contributed by atoms with Crippen molar-refractivity contribution in [3.63, 3.8) is 0 Å². The number of nitrogens with zero attached hydrogens (tertiary/aromatic N) is 2. The smallest absolute Gasteiger partial charge is 0.238 e. The second-order valence-corrected chi connectivity index (χ2v) is 8.15. The molecule has 3 aromatic rings. The zero-order valence-corrected chi connectivity index (χ0v) is 16.7. The number of amides is 1. The lowest BCUT2D eigenvalue weighted by Gasteiger charge is -2.41. The molecule has 2 atom stereocenters. The van der Waals surface area contributed by atoms with Gasteiger partial charge in [-0.1, -0.05) is 30.3 Å². The van der Waals surface area contributed by atoms with Crippen molar-refractivity contribution in [1.29, 1.82) is 0 Å². The predicted octanol–water partition coefficient (Wildman–Crippen LogP) is 4.48. The van der Waals surface area contributed by atoms with Crippen LogP contribution in [0.5, 0.6) is 0 Å². The Bertz CT molecular complexity index is 1020. The van der Waals surface area contributed by atoms with Gasteiger partial charge in [0.15, 0.2) is 0 Å². The summed E-state index contributed by atoms with van der Waals surface area (Å²) < 4.78 is 0. The van der Waals surface area contributed by atoms with Crippen LogP contribution >= 0.6 is 11.6 Å². The Morgan fingerprint density at radius 2 is 1.89 bits per heavy atom. The van der Waals surface area contributed by atoms with E-state index in [0.717, 1.165) is 36.3 Å². The molecule has 1 aromatic heterocycles. The molecule has 144 valence electrons. The van der Waals surface area contributed by atoms with Crippen molar-refractivity contribution in [2.24, 2.45) is 0 Å². The maximum absolute atomic E-state index is 12.8. The number of hydrogen-bond donors (Lipinski definition) is 1. The second-order valence-electron chi connectivity index (χ2n) is 7.89. The Hall–Kier alpha value is -2.46. The van der Waals surface area contributed by atoms with Crippen LogP contribution in [-0.4, -0.2) is 40.8 Å². The number of aromatic amines is 1. The zero-order chi connectivity index (χ0) is 19.3. The van der Waals surface area contributed by atoms with E-state index < -0.39 is 0 Å². The molecule has 2 aliphatic rings. The Balaban J connectivity index is 1.64. The van der Waals surface area contributed by atoms with Crippen LogP contribution in [0.15, 0.2) is 48.5 Å². The van der Waals surface area contributed by atoms with Gasteiger partial charge in [0.05, 0.1) is 6.04 Å².